The molecule has 1 heterocycles. The summed E-state index contributed by atoms with van der Waals surface area (Å²) in [7, 11) is -2.09. The fourth-order valence-electron chi connectivity index (χ4n) is 5.80. The van der Waals surface area contributed by atoms with Gasteiger partial charge in [0.25, 0.3) is 0 Å². The molecule has 2 fully saturated rings. The molecular weight excluding hydrogens is 599 g/mol. The number of benzene rings is 3. The number of hydrogen-bond acceptors (Lipinski definition) is 7. The van der Waals surface area contributed by atoms with E-state index < -0.39 is 43.9 Å². The van der Waals surface area contributed by atoms with E-state index in [9.17, 15) is 4.57 Å². The van der Waals surface area contributed by atoms with E-state index in [0.29, 0.717) is 26.2 Å². The van der Waals surface area contributed by atoms with Crippen molar-refractivity contribution in [2.45, 2.75) is 121 Å². The van der Waals surface area contributed by atoms with Crippen molar-refractivity contribution in [3.8, 4) is 0 Å². The van der Waals surface area contributed by atoms with Crippen molar-refractivity contribution in [2.75, 3.05) is 6.61 Å². The van der Waals surface area contributed by atoms with Crippen LogP contribution in [0, 0.1) is 0 Å². The number of ether oxygens (including phenoxy) is 5. The number of rotatable bonds is 16. The van der Waals surface area contributed by atoms with Crippen LogP contribution in [0.1, 0.15) is 76.0 Å². The van der Waals surface area contributed by atoms with E-state index in [4.69, 9.17) is 28.2 Å². The summed E-state index contributed by atoms with van der Waals surface area (Å²) in [6, 6.07) is 30.2. The van der Waals surface area contributed by atoms with Crippen LogP contribution in [0.4, 0.5) is 0 Å². The van der Waals surface area contributed by atoms with Gasteiger partial charge in [0.2, 0.25) is 0 Å². The Morgan fingerprint density at radius 1 is 0.717 bits per heavy atom. The summed E-state index contributed by atoms with van der Waals surface area (Å²) in [4.78, 5) is 0. The lowest BCUT2D eigenvalue weighted by Gasteiger charge is -2.45. The Morgan fingerprint density at radius 3 is 1.78 bits per heavy atom. The number of hydrogen-bond donors (Lipinski definition) is 0. The van der Waals surface area contributed by atoms with Gasteiger partial charge in [0, 0.05) is 0 Å². The molecule has 1 saturated heterocycles. The highest BCUT2D eigenvalue weighted by molar-refractivity contribution is 7.41. The van der Waals surface area contributed by atoms with Crippen molar-refractivity contribution < 1.29 is 32.8 Å². The van der Waals surface area contributed by atoms with Gasteiger partial charge in [-0.3, -0.25) is 0 Å². The van der Waals surface area contributed by atoms with E-state index in [0.717, 1.165) is 42.4 Å². The Labute approximate surface area is 275 Å². The summed E-state index contributed by atoms with van der Waals surface area (Å²) >= 11 is 0. The van der Waals surface area contributed by atoms with Crippen LogP contribution in [-0.4, -0.2) is 48.6 Å². The minimum atomic E-state index is -2.09. The van der Waals surface area contributed by atoms with E-state index in [2.05, 4.69) is 0 Å². The summed E-state index contributed by atoms with van der Waals surface area (Å²) in [5, 5.41) is -0.537. The molecule has 3 aromatic rings. The van der Waals surface area contributed by atoms with Crippen molar-refractivity contribution in [2.24, 2.45) is 0 Å². The SMILES string of the molecule is CCC(C)(C)[P+](=O)O[C@H]1[C@@H](OC2CCCCC2)O[C@H](COCc2ccccc2)[C@@H](OCc2ccccc2)[C@@H]1OCc1ccccc1. The smallest absolute Gasteiger partial charge is 0.374 e. The lowest BCUT2D eigenvalue weighted by Crippen LogP contribution is -2.62. The molecule has 5 rings (SSSR count). The maximum atomic E-state index is 13.8. The molecule has 0 N–H and O–H groups in total. The lowest BCUT2D eigenvalue weighted by atomic mass is 9.96. The largest absolute Gasteiger partial charge is 0.514 e. The molecular formula is C38H50O7P+. The van der Waals surface area contributed by atoms with Gasteiger partial charge in [-0.05, 0) is 54.4 Å². The van der Waals surface area contributed by atoms with Crippen molar-refractivity contribution in [1.29, 1.82) is 0 Å². The van der Waals surface area contributed by atoms with E-state index >= 15 is 0 Å². The van der Waals surface area contributed by atoms with Crippen molar-refractivity contribution in [3.63, 3.8) is 0 Å². The lowest BCUT2D eigenvalue weighted by molar-refractivity contribution is -0.323. The molecule has 3 aromatic carbocycles. The summed E-state index contributed by atoms with van der Waals surface area (Å²) in [6.07, 6.45) is 2.77. The molecule has 1 aliphatic heterocycles. The van der Waals surface area contributed by atoms with Gasteiger partial charge in [-0.2, -0.15) is 0 Å². The van der Waals surface area contributed by atoms with E-state index in [-0.39, 0.29) is 12.7 Å². The van der Waals surface area contributed by atoms with E-state index in [1.165, 1.54) is 6.42 Å². The van der Waals surface area contributed by atoms with Crippen LogP contribution in [0.3, 0.4) is 0 Å². The zero-order chi connectivity index (χ0) is 32.2. The molecule has 0 radical (unpaired) electrons. The first kappa shape index (κ1) is 34.8. The van der Waals surface area contributed by atoms with Gasteiger partial charge in [0.15, 0.2) is 17.6 Å². The topological polar surface area (TPSA) is 72.5 Å². The van der Waals surface area contributed by atoms with Crippen LogP contribution in [-0.2, 0) is 52.6 Å². The Morgan fingerprint density at radius 2 is 1.24 bits per heavy atom. The molecule has 46 heavy (non-hydrogen) atoms. The summed E-state index contributed by atoms with van der Waals surface area (Å²) in [5.41, 5.74) is 3.13. The van der Waals surface area contributed by atoms with Gasteiger partial charge in [-0.25, -0.2) is 0 Å². The zero-order valence-corrected chi connectivity index (χ0v) is 28.4. The Bertz CT molecular complexity index is 1300. The average molecular weight is 650 g/mol. The van der Waals surface area contributed by atoms with Gasteiger partial charge in [-0.15, -0.1) is 4.52 Å². The monoisotopic (exact) mass is 649 g/mol. The van der Waals surface area contributed by atoms with Crippen LogP contribution in [0.5, 0.6) is 0 Å². The molecule has 6 atom stereocenters. The van der Waals surface area contributed by atoms with Crippen LogP contribution in [0.15, 0.2) is 91.0 Å². The Hall–Kier alpha value is -2.48. The third-order valence-electron chi connectivity index (χ3n) is 9.01. The Kier molecular flexibility index (Phi) is 13.3. The maximum Gasteiger partial charge on any atom is 0.514 e. The van der Waals surface area contributed by atoms with Crippen molar-refractivity contribution in [3.05, 3.63) is 108 Å². The molecule has 248 valence electrons. The third-order valence-corrected chi connectivity index (χ3v) is 10.8. The first-order valence-electron chi connectivity index (χ1n) is 16.8. The normalized spacial score (nSPS) is 24.5. The molecule has 0 spiro atoms. The quantitative estimate of drug-likeness (QED) is 0.144. The van der Waals surface area contributed by atoms with Gasteiger partial charge in [0.05, 0.1) is 32.5 Å². The molecule has 1 unspecified atom stereocenters. The maximum absolute atomic E-state index is 13.8. The molecule has 8 heteroatoms. The minimum Gasteiger partial charge on any atom is -0.374 e. The molecule has 7 nitrogen and oxygen atoms in total. The second-order valence-electron chi connectivity index (χ2n) is 13.0. The van der Waals surface area contributed by atoms with Crippen LogP contribution < -0.4 is 0 Å². The first-order chi connectivity index (χ1) is 22.4. The van der Waals surface area contributed by atoms with Crippen LogP contribution in [0.25, 0.3) is 0 Å². The predicted octanol–water partition coefficient (Wildman–Crippen LogP) is 8.76. The van der Waals surface area contributed by atoms with Crippen LogP contribution in [0.2, 0.25) is 0 Å². The van der Waals surface area contributed by atoms with Gasteiger partial charge in [0.1, 0.15) is 18.3 Å². The minimum absolute atomic E-state index is 0.0318. The first-order valence-corrected chi connectivity index (χ1v) is 18.0. The predicted molar refractivity (Wildman–Crippen MR) is 180 cm³/mol. The average Bonchev–Trinajstić information content (AvgIpc) is 3.09. The second-order valence-corrected chi connectivity index (χ2v) is 14.9. The summed E-state index contributed by atoms with van der Waals surface area (Å²) in [5.74, 6) is 0. The standard InChI is InChI=1S/C38H50O7P/c1-4-38(2,3)46(39)45-36-35(42-27-31-21-13-7-14-22-31)34(41-26-30-19-11-6-12-20-30)33(28-40-25-29-17-9-5-10-18-29)44-37(36)43-32-23-15-8-16-24-32/h5-7,9-14,17-22,32-37H,4,8,15-16,23-28H2,1-3H3/q+1/t33-,34-,35+,36-,37+/m1/s1. The van der Waals surface area contributed by atoms with E-state index in [1.54, 1.807) is 0 Å². The summed E-state index contributed by atoms with van der Waals surface area (Å²) < 4.78 is 53.5. The highest BCUT2D eigenvalue weighted by Gasteiger charge is 2.55. The van der Waals surface area contributed by atoms with Gasteiger partial charge >= 0.3 is 8.03 Å². The molecule has 0 aromatic heterocycles. The Balaban J connectivity index is 1.46. The molecule has 2 aliphatic rings. The third kappa shape index (κ3) is 10.0. The highest BCUT2D eigenvalue weighted by Crippen LogP contribution is 2.46. The summed E-state index contributed by atoms with van der Waals surface area (Å²) in [6.45, 7) is 7.35. The highest BCUT2D eigenvalue weighted by atomic mass is 31.1. The van der Waals surface area contributed by atoms with E-state index in [1.807, 2.05) is 112 Å². The molecule has 1 saturated carbocycles. The molecule has 0 amide bonds. The fraction of sp³-hybridized carbons (Fsp3) is 0.526. The van der Waals surface area contributed by atoms with Gasteiger partial charge < -0.3 is 23.7 Å². The molecule has 0 bridgehead atoms. The fourth-order valence-corrected chi connectivity index (χ4v) is 6.78. The van der Waals surface area contributed by atoms with Crippen molar-refractivity contribution >= 4 is 8.03 Å². The van der Waals surface area contributed by atoms with Crippen molar-refractivity contribution in [1.82, 2.24) is 0 Å². The second kappa shape index (κ2) is 17.6. The van der Waals surface area contributed by atoms with Crippen LogP contribution >= 0.6 is 8.03 Å². The molecule has 1 aliphatic carbocycles. The van der Waals surface area contributed by atoms with Gasteiger partial charge in [-0.1, -0.05) is 117 Å². The zero-order valence-electron chi connectivity index (χ0n) is 27.5.